The molecule has 5 rings (SSSR count). The van der Waals surface area contributed by atoms with Crippen molar-refractivity contribution in [2.24, 2.45) is 18.9 Å². The third kappa shape index (κ3) is 4.39. The van der Waals surface area contributed by atoms with Crippen molar-refractivity contribution in [1.29, 1.82) is 5.26 Å². The summed E-state index contributed by atoms with van der Waals surface area (Å²) >= 11 is 0. The van der Waals surface area contributed by atoms with Gasteiger partial charge in [-0.15, -0.1) is 0 Å². The summed E-state index contributed by atoms with van der Waals surface area (Å²) in [5, 5.41) is 16.0. The number of nitrogens with zero attached hydrogens (tertiary/aromatic N) is 2. The molecule has 0 radical (unpaired) electrons. The van der Waals surface area contributed by atoms with Crippen molar-refractivity contribution in [2.75, 3.05) is 19.7 Å². The van der Waals surface area contributed by atoms with E-state index in [-0.39, 0.29) is 17.1 Å². The fourth-order valence-corrected chi connectivity index (χ4v) is 6.50. The zero-order chi connectivity index (χ0) is 23.7. The van der Waals surface area contributed by atoms with E-state index in [1.54, 1.807) is 11.6 Å². The van der Waals surface area contributed by atoms with Gasteiger partial charge in [0.05, 0.1) is 11.6 Å². The van der Waals surface area contributed by atoms with E-state index in [0.717, 1.165) is 50.6 Å². The van der Waals surface area contributed by atoms with E-state index >= 15 is 0 Å². The van der Waals surface area contributed by atoms with Crippen molar-refractivity contribution < 1.29 is 13.9 Å². The van der Waals surface area contributed by atoms with E-state index in [1.165, 1.54) is 12.0 Å². The summed E-state index contributed by atoms with van der Waals surface area (Å²) in [7, 11) is 1.75. The van der Waals surface area contributed by atoms with E-state index in [2.05, 4.69) is 28.8 Å². The van der Waals surface area contributed by atoms with Gasteiger partial charge in [0, 0.05) is 20.2 Å². The van der Waals surface area contributed by atoms with E-state index in [4.69, 9.17) is 9.15 Å². The molecule has 2 bridgehead atoms. The van der Waals surface area contributed by atoms with Crippen LogP contribution >= 0.6 is 0 Å². The molecule has 2 aromatic rings. The summed E-state index contributed by atoms with van der Waals surface area (Å²) in [6.07, 6.45) is 7.74. The van der Waals surface area contributed by atoms with Gasteiger partial charge in [-0.2, -0.15) is 5.26 Å². The lowest BCUT2D eigenvalue weighted by Gasteiger charge is -2.49. The van der Waals surface area contributed by atoms with Crippen molar-refractivity contribution in [3.63, 3.8) is 0 Å². The summed E-state index contributed by atoms with van der Waals surface area (Å²) < 4.78 is 12.6. The van der Waals surface area contributed by atoms with Crippen molar-refractivity contribution in [1.82, 2.24) is 15.2 Å². The van der Waals surface area contributed by atoms with Gasteiger partial charge in [-0.05, 0) is 80.0 Å². The molecular weight excluding hydrogens is 432 g/mol. The van der Waals surface area contributed by atoms with E-state index in [0.29, 0.717) is 37.0 Å². The molecule has 2 aliphatic carbocycles. The molecule has 0 spiro atoms. The van der Waals surface area contributed by atoms with E-state index < -0.39 is 12.1 Å². The molecule has 8 heteroatoms. The number of carbonyl (C=O) groups is 1. The smallest absolute Gasteiger partial charge is 0.408 e. The first-order valence-electron chi connectivity index (χ1n) is 12.6. The van der Waals surface area contributed by atoms with Gasteiger partial charge in [0.25, 0.3) is 5.91 Å². The predicted octanol–water partition coefficient (Wildman–Crippen LogP) is 2.75. The SMILES string of the molecule is Cn1c(=O)oc2ccc(C34CCCC(C3)C(C[C@@H](C#N)NC(=O)[C@@H]3CNCCCO3)CC4)cc21. The Morgan fingerprint density at radius 3 is 3.09 bits per heavy atom. The number of hydrogen-bond acceptors (Lipinski definition) is 6. The largest absolute Gasteiger partial charge is 0.419 e. The second-order valence-corrected chi connectivity index (χ2v) is 10.4. The molecule has 3 fully saturated rings. The lowest BCUT2D eigenvalue weighted by molar-refractivity contribution is -0.132. The van der Waals surface area contributed by atoms with Crippen LogP contribution in [-0.4, -0.2) is 42.3 Å². The van der Waals surface area contributed by atoms with Gasteiger partial charge in [0.1, 0.15) is 12.1 Å². The Balaban J connectivity index is 1.27. The van der Waals surface area contributed by atoms with Gasteiger partial charge < -0.3 is 19.8 Å². The molecule has 3 unspecified atom stereocenters. The standard InChI is InChI=1S/C26H34N4O4/c1-30-21-13-19(5-6-22(21)34-25(30)32)26-8-2-4-18(14-26)17(7-9-26)12-20(15-27)29-24(31)23-16-28-10-3-11-33-23/h5-6,13,17-18,20,23,28H,2-4,7-12,14,16H2,1H3,(H,29,31)/t17?,18?,20-,23-,26?/m0/s1. The lowest BCUT2D eigenvalue weighted by atomic mass is 9.55. The number of aromatic nitrogens is 1. The predicted molar refractivity (Wildman–Crippen MR) is 127 cm³/mol. The minimum Gasteiger partial charge on any atom is -0.408 e. The van der Waals surface area contributed by atoms with Crippen LogP contribution in [0.5, 0.6) is 0 Å². The van der Waals surface area contributed by atoms with Crippen LogP contribution in [0.25, 0.3) is 11.1 Å². The average molecular weight is 467 g/mol. The Morgan fingerprint density at radius 1 is 1.35 bits per heavy atom. The number of hydrogen-bond donors (Lipinski definition) is 2. The Morgan fingerprint density at radius 2 is 2.24 bits per heavy atom. The highest BCUT2D eigenvalue weighted by atomic mass is 16.5. The van der Waals surface area contributed by atoms with E-state index in [1.807, 2.05) is 6.07 Å². The molecular formula is C26H34N4O4. The number of aryl methyl sites for hydroxylation is 1. The number of fused-ring (bicyclic) bond motifs is 3. The maximum Gasteiger partial charge on any atom is 0.419 e. The molecule has 1 saturated heterocycles. The highest BCUT2D eigenvalue weighted by molar-refractivity contribution is 5.81. The molecule has 2 heterocycles. The second kappa shape index (κ2) is 9.55. The van der Waals surface area contributed by atoms with Crippen molar-refractivity contribution >= 4 is 17.0 Å². The fraction of sp³-hybridized carbons (Fsp3) is 0.654. The number of nitriles is 1. The number of carbonyl (C=O) groups excluding carboxylic acids is 1. The van der Waals surface area contributed by atoms with Gasteiger partial charge in [-0.25, -0.2) is 4.79 Å². The summed E-state index contributed by atoms with van der Waals surface area (Å²) in [5.41, 5.74) is 2.90. The zero-order valence-electron chi connectivity index (χ0n) is 19.8. The molecule has 182 valence electrons. The van der Waals surface area contributed by atoms with E-state index in [9.17, 15) is 14.9 Å². The molecule has 34 heavy (non-hydrogen) atoms. The van der Waals surface area contributed by atoms with Gasteiger partial charge in [-0.1, -0.05) is 18.9 Å². The third-order valence-corrected chi connectivity index (χ3v) is 8.40. The minimum atomic E-state index is -0.527. The van der Waals surface area contributed by atoms with Crippen molar-refractivity contribution in [2.45, 2.75) is 68.9 Å². The number of amides is 1. The maximum absolute atomic E-state index is 12.7. The van der Waals surface area contributed by atoms with Crippen LogP contribution in [0.2, 0.25) is 0 Å². The molecule has 2 saturated carbocycles. The molecule has 1 aliphatic heterocycles. The first-order valence-corrected chi connectivity index (χ1v) is 12.6. The van der Waals surface area contributed by atoms with Gasteiger partial charge in [0.15, 0.2) is 5.58 Å². The first kappa shape index (κ1) is 23.1. The molecule has 3 aliphatic rings. The van der Waals surface area contributed by atoms with Gasteiger partial charge in [0.2, 0.25) is 0 Å². The second-order valence-electron chi connectivity index (χ2n) is 10.4. The van der Waals surface area contributed by atoms with Crippen LogP contribution in [0, 0.1) is 23.2 Å². The number of nitrogens with one attached hydrogen (secondary N) is 2. The number of ether oxygens (including phenoxy) is 1. The summed E-state index contributed by atoms with van der Waals surface area (Å²) in [6.45, 7) is 1.90. The summed E-state index contributed by atoms with van der Waals surface area (Å²) in [5.74, 6) is 0.446. The van der Waals surface area contributed by atoms with Crippen LogP contribution < -0.4 is 16.4 Å². The Labute approximate surface area is 199 Å². The van der Waals surface area contributed by atoms with Crippen LogP contribution in [-0.2, 0) is 22.0 Å². The summed E-state index contributed by atoms with van der Waals surface area (Å²) in [4.78, 5) is 24.6. The van der Waals surface area contributed by atoms with Crippen LogP contribution in [0.15, 0.2) is 27.4 Å². The van der Waals surface area contributed by atoms with Crippen molar-refractivity contribution in [3.05, 3.63) is 34.3 Å². The first-order chi connectivity index (χ1) is 16.5. The number of rotatable bonds is 5. The molecule has 2 N–H and O–H groups in total. The Hall–Kier alpha value is -2.63. The molecule has 1 aromatic carbocycles. The molecule has 1 amide bonds. The topological polar surface area (TPSA) is 109 Å². The lowest BCUT2D eigenvalue weighted by Crippen LogP contribution is -2.47. The van der Waals surface area contributed by atoms with Gasteiger partial charge >= 0.3 is 5.76 Å². The highest BCUT2D eigenvalue weighted by Crippen LogP contribution is 2.53. The van der Waals surface area contributed by atoms with Crippen LogP contribution in [0.1, 0.15) is 56.9 Å². The molecule has 8 nitrogen and oxygen atoms in total. The van der Waals surface area contributed by atoms with Crippen molar-refractivity contribution in [3.8, 4) is 6.07 Å². The van der Waals surface area contributed by atoms with Gasteiger partial charge in [-0.3, -0.25) is 9.36 Å². The Kier molecular flexibility index (Phi) is 6.50. The average Bonchev–Trinajstić information content (AvgIpc) is 3.02. The number of oxazole rings is 1. The summed E-state index contributed by atoms with van der Waals surface area (Å²) in [6, 6.07) is 8.04. The quantitative estimate of drug-likeness (QED) is 0.701. The highest BCUT2D eigenvalue weighted by Gasteiger charge is 2.45. The van der Waals surface area contributed by atoms with Crippen LogP contribution in [0.3, 0.4) is 0 Å². The van der Waals surface area contributed by atoms with Crippen LogP contribution in [0.4, 0.5) is 0 Å². The Bertz CT molecular complexity index is 1140. The number of benzene rings is 1. The normalized spacial score (nSPS) is 30.3. The molecule has 1 aromatic heterocycles. The maximum atomic E-state index is 12.7. The fourth-order valence-electron chi connectivity index (χ4n) is 6.50. The third-order valence-electron chi connectivity index (χ3n) is 8.40. The molecule has 5 atom stereocenters. The minimum absolute atomic E-state index is 0.117. The monoisotopic (exact) mass is 466 g/mol. The zero-order valence-corrected chi connectivity index (χ0v) is 19.8.